The third-order valence-electron chi connectivity index (χ3n) is 3.10. The molecule has 0 aliphatic carbocycles. The summed E-state index contributed by atoms with van der Waals surface area (Å²) in [6.07, 6.45) is 1.51. The van der Waals surface area contributed by atoms with Gasteiger partial charge in [-0.3, -0.25) is 4.79 Å². The van der Waals surface area contributed by atoms with Crippen molar-refractivity contribution in [1.82, 2.24) is 5.32 Å². The minimum absolute atomic E-state index is 0.245. The van der Waals surface area contributed by atoms with Gasteiger partial charge in [0, 0.05) is 6.07 Å². The lowest BCUT2D eigenvalue weighted by Crippen LogP contribution is -2.35. The molecule has 0 saturated carbocycles. The van der Waals surface area contributed by atoms with E-state index in [1.807, 2.05) is 0 Å². The first-order valence-electron chi connectivity index (χ1n) is 6.14. The van der Waals surface area contributed by atoms with Gasteiger partial charge < -0.3 is 15.4 Å². The molecule has 2 rings (SSSR count). The molecule has 20 heavy (non-hydrogen) atoms. The first-order valence-corrected chi connectivity index (χ1v) is 6.14. The van der Waals surface area contributed by atoms with Gasteiger partial charge in [0.05, 0.1) is 24.4 Å². The standard InChI is InChI=1S/C13H14F2N2O3/c1-20-13(19)7-5-11(9(15)6-8(7)14)17-12(18)10-3-2-4-16-10/h5-6,10,16H,2-4H2,1H3,(H,17,18)/t10-/m1/s1. The number of halogens is 2. The maximum Gasteiger partial charge on any atom is 0.340 e. The molecule has 7 heteroatoms. The van der Waals surface area contributed by atoms with E-state index in [4.69, 9.17) is 0 Å². The molecule has 0 spiro atoms. The summed E-state index contributed by atoms with van der Waals surface area (Å²) in [6.45, 7) is 0.720. The summed E-state index contributed by atoms with van der Waals surface area (Å²) in [4.78, 5) is 23.2. The van der Waals surface area contributed by atoms with Crippen molar-refractivity contribution in [2.75, 3.05) is 19.0 Å². The Balaban J connectivity index is 2.22. The lowest BCUT2D eigenvalue weighted by atomic mass is 10.1. The van der Waals surface area contributed by atoms with Gasteiger partial charge in [-0.15, -0.1) is 0 Å². The van der Waals surface area contributed by atoms with Crippen molar-refractivity contribution in [1.29, 1.82) is 0 Å². The van der Waals surface area contributed by atoms with Crippen LogP contribution in [0.2, 0.25) is 0 Å². The first kappa shape index (κ1) is 14.4. The smallest absolute Gasteiger partial charge is 0.340 e. The van der Waals surface area contributed by atoms with Crippen LogP contribution in [0.1, 0.15) is 23.2 Å². The summed E-state index contributed by atoms with van der Waals surface area (Å²) in [6, 6.07) is 1.08. The van der Waals surface area contributed by atoms with E-state index < -0.39 is 35.1 Å². The molecule has 1 heterocycles. The van der Waals surface area contributed by atoms with E-state index in [2.05, 4.69) is 15.4 Å². The summed E-state index contributed by atoms with van der Waals surface area (Å²) in [5.41, 5.74) is -0.672. The quantitative estimate of drug-likeness (QED) is 0.824. The minimum atomic E-state index is -1.04. The Labute approximate surface area is 114 Å². The van der Waals surface area contributed by atoms with Crippen molar-refractivity contribution in [2.45, 2.75) is 18.9 Å². The highest BCUT2D eigenvalue weighted by Crippen LogP contribution is 2.21. The summed E-state index contributed by atoms with van der Waals surface area (Å²) in [7, 11) is 1.09. The second-order valence-electron chi connectivity index (χ2n) is 4.44. The number of benzene rings is 1. The number of rotatable bonds is 3. The van der Waals surface area contributed by atoms with E-state index in [0.717, 1.165) is 26.1 Å². The minimum Gasteiger partial charge on any atom is -0.465 e. The lowest BCUT2D eigenvalue weighted by molar-refractivity contribution is -0.117. The van der Waals surface area contributed by atoms with Crippen LogP contribution < -0.4 is 10.6 Å². The number of nitrogens with one attached hydrogen (secondary N) is 2. The molecule has 1 aliphatic heterocycles. The molecule has 1 aromatic carbocycles. The van der Waals surface area contributed by atoms with Gasteiger partial charge in [0.1, 0.15) is 11.6 Å². The highest BCUT2D eigenvalue weighted by molar-refractivity contribution is 5.97. The molecule has 1 aliphatic rings. The van der Waals surface area contributed by atoms with Crippen LogP contribution in [0.25, 0.3) is 0 Å². The Bertz CT molecular complexity index is 543. The van der Waals surface area contributed by atoms with Gasteiger partial charge >= 0.3 is 5.97 Å². The number of ether oxygens (including phenoxy) is 1. The van der Waals surface area contributed by atoms with Gasteiger partial charge in [-0.25, -0.2) is 13.6 Å². The van der Waals surface area contributed by atoms with Gasteiger partial charge in [-0.1, -0.05) is 0 Å². The first-order chi connectivity index (χ1) is 9.52. The van der Waals surface area contributed by atoms with Crippen molar-refractivity contribution in [2.24, 2.45) is 0 Å². The highest BCUT2D eigenvalue weighted by Gasteiger charge is 2.24. The Morgan fingerprint density at radius 1 is 1.35 bits per heavy atom. The predicted octanol–water partition coefficient (Wildman–Crippen LogP) is 1.44. The normalized spacial score (nSPS) is 17.9. The third kappa shape index (κ3) is 2.93. The van der Waals surface area contributed by atoms with Gasteiger partial charge in [0.15, 0.2) is 0 Å². The number of carbonyl (C=O) groups is 2. The van der Waals surface area contributed by atoms with Crippen LogP contribution in [0, 0.1) is 11.6 Å². The molecule has 0 aromatic heterocycles. The van der Waals surface area contributed by atoms with Crippen molar-refractivity contribution in [3.05, 3.63) is 29.3 Å². The van der Waals surface area contributed by atoms with Crippen molar-refractivity contribution in [3.8, 4) is 0 Å². The van der Waals surface area contributed by atoms with Crippen LogP contribution in [0.4, 0.5) is 14.5 Å². The maximum atomic E-state index is 13.6. The zero-order valence-electron chi connectivity index (χ0n) is 10.8. The largest absolute Gasteiger partial charge is 0.465 e. The van der Waals surface area contributed by atoms with Crippen LogP contribution in [0.3, 0.4) is 0 Å². The number of hydrogen-bond acceptors (Lipinski definition) is 4. The molecule has 108 valence electrons. The average molecular weight is 284 g/mol. The third-order valence-corrected chi connectivity index (χ3v) is 3.10. The Morgan fingerprint density at radius 3 is 2.70 bits per heavy atom. The predicted molar refractivity (Wildman–Crippen MR) is 67.4 cm³/mol. The van der Waals surface area contributed by atoms with E-state index in [9.17, 15) is 18.4 Å². The molecule has 1 amide bonds. The molecule has 0 unspecified atom stereocenters. The van der Waals surface area contributed by atoms with Gasteiger partial charge in [0.25, 0.3) is 0 Å². The summed E-state index contributed by atoms with van der Waals surface area (Å²) in [5, 5.41) is 5.30. The molecule has 1 aromatic rings. The van der Waals surface area contributed by atoms with Crippen molar-refractivity contribution >= 4 is 17.6 Å². The van der Waals surface area contributed by atoms with Crippen LogP contribution in [0.5, 0.6) is 0 Å². The molecule has 0 bridgehead atoms. The van der Waals surface area contributed by atoms with E-state index in [1.54, 1.807) is 0 Å². The fourth-order valence-electron chi connectivity index (χ4n) is 2.04. The number of hydrogen-bond donors (Lipinski definition) is 2. The number of carbonyl (C=O) groups excluding carboxylic acids is 2. The summed E-state index contributed by atoms with van der Waals surface area (Å²) in [5.74, 6) is -3.33. The van der Waals surface area contributed by atoms with Crippen LogP contribution in [-0.2, 0) is 9.53 Å². The van der Waals surface area contributed by atoms with Crippen LogP contribution in [-0.4, -0.2) is 31.6 Å². The highest BCUT2D eigenvalue weighted by atomic mass is 19.1. The number of anilines is 1. The summed E-state index contributed by atoms with van der Waals surface area (Å²) >= 11 is 0. The molecule has 5 nitrogen and oxygen atoms in total. The van der Waals surface area contributed by atoms with E-state index in [1.165, 1.54) is 0 Å². The van der Waals surface area contributed by atoms with Gasteiger partial charge in [-0.05, 0) is 25.5 Å². The molecule has 1 saturated heterocycles. The van der Waals surface area contributed by atoms with E-state index in [0.29, 0.717) is 12.5 Å². The topological polar surface area (TPSA) is 67.4 Å². The fourth-order valence-corrected chi connectivity index (χ4v) is 2.04. The van der Waals surface area contributed by atoms with Crippen LogP contribution >= 0.6 is 0 Å². The van der Waals surface area contributed by atoms with Gasteiger partial charge in [0.2, 0.25) is 5.91 Å². The second kappa shape index (κ2) is 5.96. The van der Waals surface area contributed by atoms with Gasteiger partial charge in [-0.2, -0.15) is 0 Å². The molecular weight excluding hydrogens is 270 g/mol. The maximum absolute atomic E-state index is 13.6. The second-order valence-corrected chi connectivity index (χ2v) is 4.44. The van der Waals surface area contributed by atoms with Crippen molar-refractivity contribution < 1.29 is 23.1 Å². The average Bonchev–Trinajstić information content (AvgIpc) is 2.95. The van der Waals surface area contributed by atoms with Crippen LogP contribution in [0.15, 0.2) is 12.1 Å². The SMILES string of the molecule is COC(=O)c1cc(NC(=O)[C@H]2CCCN2)c(F)cc1F. The zero-order valence-corrected chi connectivity index (χ0v) is 10.8. The Morgan fingerprint density at radius 2 is 2.10 bits per heavy atom. The molecule has 2 N–H and O–H groups in total. The lowest BCUT2D eigenvalue weighted by Gasteiger charge is -2.12. The molecule has 1 atom stereocenters. The van der Waals surface area contributed by atoms with Crippen molar-refractivity contribution in [3.63, 3.8) is 0 Å². The monoisotopic (exact) mass is 284 g/mol. The molecule has 1 fully saturated rings. The Kier molecular flexibility index (Phi) is 4.29. The Hall–Kier alpha value is -2.02. The number of methoxy groups -OCH3 is 1. The molecular formula is C13H14F2N2O3. The number of esters is 1. The zero-order chi connectivity index (χ0) is 14.7. The van der Waals surface area contributed by atoms with E-state index in [-0.39, 0.29) is 5.69 Å². The molecule has 0 radical (unpaired) electrons. The summed E-state index contributed by atoms with van der Waals surface area (Å²) < 4.78 is 31.4. The number of amides is 1. The fraction of sp³-hybridized carbons (Fsp3) is 0.385. The van der Waals surface area contributed by atoms with E-state index >= 15 is 0 Å².